The Bertz CT molecular complexity index is 1600. The second-order valence-electron chi connectivity index (χ2n) is 7.99. The number of carbonyl (C=O) groups is 1. The minimum atomic E-state index is -3.59. The summed E-state index contributed by atoms with van der Waals surface area (Å²) in [7, 11) is -0.857. The Morgan fingerprint density at radius 2 is 1.82 bits per heavy atom. The largest absolute Gasteiger partial charge is 0.496 e. The van der Waals surface area contributed by atoms with Crippen LogP contribution in [0.5, 0.6) is 5.75 Å². The summed E-state index contributed by atoms with van der Waals surface area (Å²) in [6, 6.07) is 16.4. The molecule has 1 atom stereocenters. The van der Waals surface area contributed by atoms with E-state index in [2.05, 4.69) is 5.32 Å². The number of methoxy groups -OCH3 is 1. The highest BCUT2D eigenvalue weighted by Gasteiger charge is 2.26. The first kappa shape index (κ1) is 31.0. The molecular weight excluding hydrogens is 601 g/mol. The third-order valence-corrected chi connectivity index (χ3v) is 11.3. The summed E-state index contributed by atoms with van der Waals surface area (Å²) in [6.07, 6.45) is 1.36. The molecule has 0 spiro atoms. The van der Waals surface area contributed by atoms with Gasteiger partial charge in [-0.1, -0.05) is 35.3 Å². The fraction of sp³-hybridized carbons (Fsp3) is 0.167. The normalized spacial score (nSPS) is 13.2. The molecule has 0 bridgehead atoms. The van der Waals surface area contributed by atoms with Crippen LogP contribution in [0.1, 0.15) is 5.56 Å². The maximum Gasteiger partial charge on any atom is 0.485 e. The summed E-state index contributed by atoms with van der Waals surface area (Å²) in [5, 5.41) is 13.5. The molecule has 0 heterocycles. The summed E-state index contributed by atoms with van der Waals surface area (Å²) >= 11 is 6.67. The van der Waals surface area contributed by atoms with Gasteiger partial charge in [-0.2, -0.15) is 0 Å². The SMILES string of the molecule is COc1ccccc1SP(O)(=S)c1ccc(S(C)(=O)=O)cc1CC=[N+](OC)OC(=O)Nc1ccc([N+](=O)[O-])cc1. The second-order valence-corrected chi connectivity index (χ2v) is 16.6. The average Bonchev–Trinajstić information content (AvgIpc) is 2.90. The summed E-state index contributed by atoms with van der Waals surface area (Å²) in [6.45, 7) is 0. The van der Waals surface area contributed by atoms with Crippen molar-refractivity contribution in [3.63, 3.8) is 0 Å². The van der Waals surface area contributed by atoms with Crippen LogP contribution in [0.2, 0.25) is 0 Å². The fourth-order valence-electron chi connectivity index (χ4n) is 3.32. The van der Waals surface area contributed by atoms with E-state index in [0.29, 0.717) is 21.5 Å². The van der Waals surface area contributed by atoms with Crippen LogP contribution in [-0.4, -0.2) is 55.9 Å². The van der Waals surface area contributed by atoms with Crippen LogP contribution in [0.15, 0.2) is 76.5 Å². The minimum Gasteiger partial charge on any atom is -0.496 e. The highest BCUT2D eigenvalue weighted by molar-refractivity contribution is 8.71. The van der Waals surface area contributed by atoms with E-state index in [9.17, 15) is 28.2 Å². The van der Waals surface area contributed by atoms with Gasteiger partial charge in [-0.15, -0.1) is 4.84 Å². The number of benzene rings is 3. The van der Waals surface area contributed by atoms with Gasteiger partial charge >= 0.3 is 6.09 Å². The number of rotatable bonds is 11. The fourth-order valence-corrected chi connectivity index (χ4v) is 8.86. The molecule has 1 amide bonds. The number of carbonyl (C=O) groups excluding carboxylic acids is 1. The third kappa shape index (κ3) is 8.26. The number of hydrogen-bond acceptors (Lipinski definition) is 10. The molecule has 3 rings (SSSR count). The zero-order chi connectivity index (χ0) is 29.5. The average molecular weight is 627 g/mol. The first-order chi connectivity index (χ1) is 18.8. The van der Waals surface area contributed by atoms with Gasteiger partial charge in [-0.3, -0.25) is 15.4 Å². The molecule has 0 aliphatic carbocycles. The van der Waals surface area contributed by atoms with Crippen molar-refractivity contribution in [2.75, 3.05) is 25.8 Å². The number of hydrogen-bond donors (Lipinski definition) is 2. The molecule has 40 heavy (non-hydrogen) atoms. The molecule has 0 saturated carbocycles. The highest BCUT2D eigenvalue weighted by atomic mass is 32.9. The van der Waals surface area contributed by atoms with Gasteiger partial charge in [-0.05, 0) is 48.0 Å². The van der Waals surface area contributed by atoms with Crippen LogP contribution in [0.25, 0.3) is 0 Å². The van der Waals surface area contributed by atoms with Crippen molar-refractivity contribution in [2.24, 2.45) is 0 Å². The van der Waals surface area contributed by atoms with E-state index in [1.165, 1.54) is 62.9 Å². The van der Waals surface area contributed by atoms with Crippen LogP contribution in [0, 0.1) is 10.1 Å². The number of amides is 1. The highest BCUT2D eigenvalue weighted by Crippen LogP contribution is 2.60. The lowest BCUT2D eigenvalue weighted by Crippen LogP contribution is -2.24. The van der Waals surface area contributed by atoms with E-state index >= 15 is 0 Å². The zero-order valence-electron chi connectivity index (χ0n) is 21.4. The van der Waals surface area contributed by atoms with E-state index in [1.807, 2.05) is 0 Å². The van der Waals surface area contributed by atoms with Crippen LogP contribution >= 0.6 is 16.8 Å². The first-order valence-corrected chi connectivity index (χ1v) is 17.3. The summed E-state index contributed by atoms with van der Waals surface area (Å²) in [5.41, 5.74) is -2.88. The monoisotopic (exact) mass is 626 g/mol. The second kappa shape index (κ2) is 13.2. The molecule has 12 nitrogen and oxygen atoms in total. The summed E-state index contributed by atoms with van der Waals surface area (Å²) in [4.78, 5) is 45.5. The third-order valence-electron chi connectivity index (χ3n) is 5.21. The van der Waals surface area contributed by atoms with Gasteiger partial charge in [0.15, 0.2) is 22.4 Å². The van der Waals surface area contributed by atoms with Gasteiger partial charge in [0, 0.05) is 29.4 Å². The van der Waals surface area contributed by atoms with Crippen molar-refractivity contribution in [3.8, 4) is 5.75 Å². The van der Waals surface area contributed by atoms with Crippen molar-refractivity contribution in [2.45, 2.75) is 16.2 Å². The van der Waals surface area contributed by atoms with Crippen LogP contribution < -0.4 is 15.4 Å². The van der Waals surface area contributed by atoms with E-state index in [1.54, 1.807) is 24.3 Å². The van der Waals surface area contributed by atoms with Crippen LogP contribution in [-0.2, 0) is 37.7 Å². The molecule has 3 aromatic rings. The topological polar surface area (TPSA) is 157 Å². The Hall–Kier alpha value is -3.49. The number of nitrogens with zero attached hydrogens (tertiary/aromatic N) is 2. The maximum absolute atomic E-state index is 12.3. The number of para-hydroxylation sites is 1. The molecule has 0 radical (unpaired) electrons. The number of anilines is 1. The Morgan fingerprint density at radius 3 is 2.42 bits per heavy atom. The number of nitrogens with one attached hydrogen (secondary N) is 1. The molecule has 0 aliphatic heterocycles. The molecule has 0 fully saturated rings. The quantitative estimate of drug-likeness (QED) is 0.104. The van der Waals surface area contributed by atoms with Crippen LogP contribution in [0.3, 0.4) is 0 Å². The van der Waals surface area contributed by atoms with Crippen molar-refractivity contribution in [1.82, 2.24) is 0 Å². The predicted octanol–water partition coefficient (Wildman–Crippen LogP) is 4.08. The zero-order valence-corrected chi connectivity index (χ0v) is 24.8. The van der Waals surface area contributed by atoms with Gasteiger partial charge in [0.1, 0.15) is 5.75 Å². The van der Waals surface area contributed by atoms with E-state index < -0.39 is 26.3 Å². The number of sulfone groups is 1. The van der Waals surface area contributed by atoms with Crippen molar-refractivity contribution < 1.29 is 42.3 Å². The number of ether oxygens (including phenoxy) is 1. The predicted molar refractivity (Wildman–Crippen MR) is 155 cm³/mol. The van der Waals surface area contributed by atoms with Gasteiger partial charge in [-0.25, -0.2) is 18.0 Å². The van der Waals surface area contributed by atoms with Gasteiger partial charge in [0.05, 0.1) is 28.2 Å². The van der Waals surface area contributed by atoms with Gasteiger partial charge in [0.2, 0.25) is 4.90 Å². The Labute approximate surface area is 239 Å². The molecule has 0 aliphatic rings. The molecule has 0 saturated heterocycles. The number of non-ortho nitro benzene ring substituents is 1. The van der Waals surface area contributed by atoms with Gasteiger partial charge in [0.25, 0.3) is 11.9 Å². The Morgan fingerprint density at radius 1 is 1.15 bits per heavy atom. The van der Waals surface area contributed by atoms with Crippen molar-refractivity contribution in [1.29, 1.82) is 0 Å². The first-order valence-electron chi connectivity index (χ1n) is 11.2. The van der Waals surface area contributed by atoms with Gasteiger partial charge < -0.3 is 9.63 Å². The summed E-state index contributed by atoms with van der Waals surface area (Å²) < 4.78 is 29.8. The van der Waals surface area contributed by atoms with Crippen molar-refractivity contribution >= 4 is 67.5 Å². The summed E-state index contributed by atoms with van der Waals surface area (Å²) in [5.74, 6) is 0.523. The van der Waals surface area contributed by atoms with E-state index in [0.717, 1.165) is 22.5 Å². The van der Waals surface area contributed by atoms with E-state index in [4.69, 9.17) is 26.2 Å². The molecule has 3 aromatic carbocycles. The molecule has 2 N–H and O–H groups in total. The standard InChI is InChI=1S/C24H24N3O9PS3/c1-34-21-6-4-5-7-23(21)39-37(31,38)22-13-12-20(40(3,32)33)16-17(22)14-15-26(35-2)36-24(28)25-18-8-10-19(11-9-18)27(29)30/h4-13,15-16H,14H2,1-3H3,(H-,25,28,31,38)/p+1. The lowest BCUT2D eigenvalue weighted by atomic mass is 10.2. The molecule has 1 unspecified atom stereocenters. The maximum atomic E-state index is 12.3. The molecular formula is C24H25N3O9PS3+. The molecule has 212 valence electrons. The number of nitro benzene ring substituents is 1. The number of nitro groups is 1. The lowest BCUT2D eigenvalue weighted by Gasteiger charge is -2.19. The Kier molecular flexibility index (Phi) is 10.3. The van der Waals surface area contributed by atoms with Crippen LogP contribution in [0.4, 0.5) is 16.2 Å². The molecule has 0 aromatic heterocycles. The minimum absolute atomic E-state index is 0.0118. The molecule has 16 heteroatoms. The lowest BCUT2D eigenvalue weighted by molar-refractivity contribution is -0.941. The smallest absolute Gasteiger partial charge is 0.485 e. The van der Waals surface area contributed by atoms with E-state index in [-0.39, 0.29) is 22.7 Å². The van der Waals surface area contributed by atoms with Crippen molar-refractivity contribution in [3.05, 3.63) is 82.4 Å². The Balaban J connectivity index is 1.87.